The van der Waals surface area contributed by atoms with Gasteiger partial charge in [-0.3, -0.25) is 0 Å². The molecule has 2 saturated carbocycles. The summed E-state index contributed by atoms with van der Waals surface area (Å²) in [4.78, 5) is 0. The molecule has 0 aliphatic heterocycles. The van der Waals surface area contributed by atoms with Gasteiger partial charge < -0.3 is 5.01 Å². The number of allylic oxidation sites excluding steroid dienone is 1. The molecule has 2 aliphatic carbocycles. The van der Waals surface area contributed by atoms with Crippen LogP contribution in [0.4, 0.5) is 0 Å². The minimum absolute atomic E-state index is 0.339. The Morgan fingerprint density at radius 1 is 1.31 bits per heavy atom. The Bertz CT molecular complexity index is 317. The molecule has 0 amide bonds. The molecule has 0 aromatic heterocycles. The smallest absolute Gasteiger partial charge is 0.0420 e. The van der Waals surface area contributed by atoms with E-state index in [1.165, 1.54) is 49.8 Å². The highest BCUT2D eigenvalue weighted by Gasteiger charge is 2.43. The van der Waals surface area contributed by atoms with Crippen LogP contribution in [0.5, 0.6) is 0 Å². The van der Waals surface area contributed by atoms with Crippen LogP contribution in [0.1, 0.15) is 45.4 Å². The Hall–Kier alpha value is -0.790. The van der Waals surface area contributed by atoms with Gasteiger partial charge in [-0.05, 0) is 43.9 Å². The molecule has 2 atom stereocenters. The molecule has 0 heterocycles. The summed E-state index contributed by atoms with van der Waals surface area (Å²) in [6.45, 7) is 6.72. The Morgan fingerprint density at radius 2 is 2.06 bits per heavy atom. The lowest BCUT2D eigenvalue weighted by molar-refractivity contribution is 0.201. The topological polar surface area (TPSA) is 15.6 Å². The minimum atomic E-state index is 0.339. The molecule has 90 valence electrons. The van der Waals surface area contributed by atoms with E-state index in [0.29, 0.717) is 11.3 Å². The van der Waals surface area contributed by atoms with Crippen LogP contribution in [0.15, 0.2) is 17.3 Å². The van der Waals surface area contributed by atoms with E-state index in [2.05, 4.69) is 13.5 Å². The summed E-state index contributed by atoms with van der Waals surface area (Å²) in [6, 6.07) is 0. The lowest BCUT2D eigenvalue weighted by Gasteiger charge is -2.47. The van der Waals surface area contributed by atoms with Gasteiger partial charge in [0, 0.05) is 25.7 Å². The summed E-state index contributed by atoms with van der Waals surface area (Å²) in [7, 11) is 4.05. The quantitative estimate of drug-likeness (QED) is 0.488. The third-order valence-electron chi connectivity index (χ3n) is 4.41. The van der Waals surface area contributed by atoms with Crippen LogP contribution in [0.25, 0.3) is 0 Å². The van der Waals surface area contributed by atoms with E-state index < -0.39 is 0 Å². The fourth-order valence-corrected chi connectivity index (χ4v) is 3.44. The van der Waals surface area contributed by atoms with Gasteiger partial charge in [-0.2, -0.15) is 5.10 Å². The van der Waals surface area contributed by atoms with Crippen molar-refractivity contribution in [2.45, 2.75) is 45.4 Å². The van der Waals surface area contributed by atoms with Gasteiger partial charge in [0.25, 0.3) is 0 Å². The maximum absolute atomic E-state index is 4.71. The fourth-order valence-electron chi connectivity index (χ4n) is 3.44. The molecule has 0 N–H and O–H groups in total. The molecule has 16 heavy (non-hydrogen) atoms. The van der Waals surface area contributed by atoms with Gasteiger partial charge in [0.05, 0.1) is 0 Å². The van der Waals surface area contributed by atoms with Gasteiger partial charge in [-0.1, -0.05) is 19.1 Å². The summed E-state index contributed by atoms with van der Waals surface area (Å²) in [5.74, 6) is 0.657. The van der Waals surface area contributed by atoms with Crippen molar-refractivity contribution in [3.8, 4) is 0 Å². The summed E-state index contributed by atoms with van der Waals surface area (Å²) in [6.07, 6.45) is 7.60. The third-order valence-corrected chi connectivity index (χ3v) is 4.41. The maximum atomic E-state index is 4.71. The predicted molar refractivity (Wildman–Crippen MR) is 69.6 cm³/mol. The number of hydrazone groups is 1. The van der Waals surface area contributed by atoms with E-state index in [0.717, 1.165) is 0 Å². The standard InChI is InChI=1S/C14H24N2/c1-11-7-5-8-12-13(15-16(3)4)9-6-10-14(11,12)2/h12H,1,5-10H2,2-4H3/b15-13+/t12-,14+/m1/s1. The highest BCUT2D eigenvalue weighted by molar-refractivity contribution is 5.88. The summed E-state index contributed by atoms with van der Waals surface area (Å²) in [5, 5.41) is 6.67. The van der Waals surface area contributed by atoms with Gasteiger partial charge in [-0.15, -0.1) is 0 Å². The highest BCUT2D eigenvalue weighted by atomic mass is 15.4. The molecule has 0 bridgehead atoms. The van der Waals surface area contributed by atoms with Gasteiger partial charge in [0.15, 0.2) is 0 Å². The molecule has 2 heteroatoms. The molecule has 0 unspecified atom stereocenters. The first kappa shape index (κ1) is 11.7. The van der Waals surface area contributed by atoms with E-state index in [4.69, 9.17) is 5.10 Å². The van der Waals surface area contributed by atoms with Gasteiger partial charge in [-0.25, -0.2) is 0 Å². The van der Waals surface area contributed by atoms with Crippen molar-refractivity contribution in [2.75, 3.05) is 14.1 Å². The van der Waals surface area contributed by atoms with Crippen LogP contribution in [-0.2, 0) is 0 Å². The van der Waals surface area contributed by atoms with Crippen LogP contribution in [0, 0.1) is 11.3 Å². The molecule has 2 rings (SSSR count). The second-order valence-electron chi connectivity index (χ2n) is 5.76. The Morgan fingerprint density at radius 3 is 2.75 bits per heavy atom. The average molecular weight is 220 g/mol. The largest absolute Gasteiger partial charge is 0.303 e. The lowest BCUT2D eigenvalue weighted by Crippen LogP contribution is -2.41. The van der Waals surface area contributed by atoms with E-state index in [1.807, 2.05) is 19.1 Å². The van der Waals surface area contributed by atoms with Crippen LogP contribution in [0.2, 0.25) is 0 Å². The summed E-state index contributed by atoms with van der Waals surface area (Å²) in [5.41, 5.74) is 3.22. The second kappa shape index (κ2) is 4.23. The molecule has 0 aromatic carbocycles. The lowest BCUT2D eigenvalue weighted by atomic mass is 9.58. The number of hydrogen-bond acceptors (Lipinski definition) is 2. The normalized spacial score (nSPS) is 37.3. The first-order valence-electron chi connectivity index (χ1n) is 6.47. The molecule has 2 aliphatic rings. The van der Waals surface area contributed by atoms with Gasteiger partial charge in [0.1, 0.15) is 0 Å². The van der Waals surface area contributed by atoms with Crippen molar-refractivity contribution in [3.63, 3.8) is 0 Å². The van der Waals surface area contributed by atoms with Crippen molar-refractivity contribution in [1.82, 2.24) is 5.01 Å². The third kappa shape index (κ3) is 1.90. The number of fused-ring (bicyclic) bond motifs is 1. The molecule has 2 fully saturated rings. The average Bonchev–Trinajstić information content (AvgIpc) is 2.20. The van der Waals surface area contributed by atoms with Crippen molar-refractivity contribution < 1.29 is 0 Å². The molecular formula is C14H24N2. The van der Waals surface area contributed by atoms with E-state index in [9.17, 15) is 0 Å². The number of nitrogens with zero attached hydrogens (tertiary/aromatic N) is 2. The monoisotopic (exact) mass is 220 g/mol. The van der Waals surface area contributed by atoms with Gasteiger partial charge in [0.2, 0.25) is 0 Å². The van der Waals surface area contributed by atoms with Crippen molar-refractivity contribution >= 4 is 5.71 Å². The predicted octanol–water partition coefficient (Wildman–Crippen LogP) is 3.45. The van der Waals surface area contributed by atoms with Crippen molar-refractivity contribution in [2.24, 2.45) is 16.4 Å². The SMILES string of the molecule is C=C1CCC[C@@H]2/C(=N/N(C)C)CCC[C@@]12C. The van der Waals surface area contributed by atoms with Crippen LogP contribution in [0.3, 0.4) is 0 Å². The molecular weight excluding hydrogens is 196 g/mol. The Labute approximate surface area is 99.4 Å². The number of rotatable bonds is 1. The zero-order valence-corrected chi connectivity index (χ0v) is 10.9. The molecule has 2 nitrogen and oxygen atoms in total. The number of hydrogen-bond donors (Lipinski definition) is 0. The van der Waals surface area contributed by atoms with Crippen LogP contribution in [-0.4, -0.2) is 24.8 Å². The second-order valence-corrected chi connectivity index (χ2v) is 5.76. The molecule has 0 spiro atoms. The van der Waals surface area contributed by atoms with Crippen molar-refractivity contribution in [1.29, 1.82) is 0 Å². The van der Waals surface area contributed by atoms with Crippen LogP contribution < -0.4 is 0 Å². The first-order valence-corrected chi connectivity index (χ1v) is 6.47. The maximum Gasteiger partial charge on any atom is 0.0420 e. The highest BCUT2D eigenvalue weighted by Crippen LogP contribution is 2.51. The van der Waals surface area contributed by atoms with E-state index in [-0.39, 0.29) is 0 Å². The fraction of sp³-hybridized carbons (Fsp3) is 0.786. The zero-order valence-electron chi connectivity index (χ0n) is 10.9. The summed E-state index contributed by atoms with van der Waals surface area (Å²) >= 11 is 0. The Kier molecular flexibility index (Phi) is 3.09. The first-order chi connectivity index (χ1) is 7.54. The van der Waals surface area contributed by atoms with Gasteiger partial charge >= 0.3 is 0 Å². The molecule has 0 radical (unpaired) electrons. The minimum Gasteiger partial charge on any atom is -0.303 e. The van der Waals surface area contributed by atoms with E-state index >= 15 is 0 Å². The summed E-state index contributed by atoms with van der Waals surface area (Å²) < 4.78 is 0. The Balaban J connectivity index is 2.28. The van der Waals surface area contributed by atoms with E-state index in [1.54, 1.807) is 0 Å². The molecule has 0 aromatic rings. The molecule has 0 saturated heterocycles. The van der Waals surface area contributed by atoms with Crippen molar-refractivity contribution in [3.05, 3.63) is 12.2 Å². The zero-order chi connectivity index (χ0) is 11.8. The van der Waals surface area contributed by atoms with Crippen LogP contribution >= 0.6 is 0 Å².